The summed E-state index contributed by atoms with van der Waals surface area (Å²) < 4.78 is 19.4. The lowest BCUT2D eigenvalue weighted by Gasteiger charge is -2.14. The zero-order valence-electron chi connectivity index (χ0n) is 11.4. The fourth-order valence-electron chi connectivity index (χ4n) is 1.61. The molecule has 0 amide bonds. The summed E-state index contributed by atoms with van der Waals surface area (Å²) >= 11 is 5.67. The van der Waals surface area contributed by atoms with Crippen molar-refractivity contribution in [1.82, 2.24) is 4.98 Å². The molecule has 0 radical (unpaired) electrons. The van der Waals surface area contributed by atoms with Crippen molar-refractivity contribution in [1.29, 1.82) is 0 Å². The van der Waals surface area contributed by atoms with Crippen LogP contribution in [0.15, 0.2) is 36.5 Å². The molecule has 1 N–H and O–H groups in total. The van der Waals surface area contributed by atoms with Crippen LogP contribution in [0.2, 0.25) is 5.02 Å². The van der Waals surface area contributed by atoms with Crippen molar-refractivity contribution in [2.45, 2.75) is 26.4 Å². The molecule has 1 aromatic heterocycles. The Labute approximate surface area is 122 Å². The van der Waals surface area contributed by atoms with Crippen molar-refractivity contribution in [3.8, 4) is 5.75 Å². The van der Waals surface area contributed by atoms with Gasteiger partial charge in [0.25, 0.3) is 0 Å². The van der Waals surface area contributed by atoms with Crippen LogP contribution in [0, 0.1) is 5.82 Å². The second kappa shape index (κ2) is 6.57. The van der Waals surface area contributed by atoms with Crippen LogP contribution in [0.1, 0.15) is 20.3 Å². The van der Waals surface area contributed by atoms with Gasteiger partial charge in [0, 0.05) is 18.0 Å². The van der Waals surface area contributed by atoms with Crippen LogP contribution >= 0.6 is 11.6 Å². The van der Waals surface area contributed by atoms with E-state index in [9.17, 15) is 4.39 Å². The Bertz CT molecular complexity index is 592. The fourth-order valence-corrected chi connectivity index (χ4v) is 1.75. The van der Waals surface area contributed by atoms with Crippen LogP contribution in [-0.2, 0) is 0 Å². The molecule has 0 bridgehead atoms. The Kier molecular flexibility index (Phi) is 4.79. The maximum atomic E-state index is 13.7. The number of halogens is 2. The van der Waals surface area contributed by atoms with Gasteiger partial charge in [-0.05, 0) is 31.5 Å². The molecule has 2 aromatic rings. The molecule has 1 aromatic carbocycles. The van der Waals surface area contributed by atoms with E-state index < -0.39 is 5.82 Å². The molecule has 0 spiro atoms. The number of anilines is 2. The summed E-state index contributed by atoms with van der Waals surface area (Å²) in [6.45, 7) is 4.06. The zero-order chi connectivity index (χ0) is 14.5. The van der Waals surface area contributed by atoms with Gasteiger partial charge in [-0.1, -0.05) is 24.6 Å². The number of nitrogens with zero attached hydrogens (tertiary/aromatic N) is 1. The van der Waals surface area contributed by atoms with E-state index in [1.54, 1.807) is 0 Å². The minimum absolute atomic E-state index is 0.134. The van der Waals surface area contributed by atoms with E-state index >= 15 is 0 Å². The number of rotatable bonds is 5. The minimum atomic E-state index is -0.495. The van der Waals surface area contributed by atoms with E-state index in [1.807, 2.05) is 31.2 Å². The van der Waals surface area contributed by atoms with Crippen LogP contribution in [-0.4, -0.2) is 11.1 Å². The molecule has 1 heterocycles. The number of pyridine rings is 1. The first-order chi connectivity index (χ1) is 9.58. The summed E-state index contributed by atoms with van der Waals surface area (Å²) in [4.78, 5) is 3.92. The Balaban J connectivity index is 2.15. The second-order valence-corrected chi connectivity index (χ2v) is 4.91. The molecule has 0 aliphatic heterocycles. The summed E-state index contributed by atoms with van der Waals surface area (Å²) in [5, 5.41) is 3.17. The lowest BCUT2D eigenvalue weighted by Crippen LogP contribution is -2.09. The SMILES string of the molecule is CCC(C)Oc1cccc(Nc2ncc(Cl)cc2F)c1. The normalized spacial score (nSPS) is 12.0. The van der Waals surface area contributed by atoms with E-state index in [0.29, 0.717) is 5.69 Å². The van der Waals surface area contributed by atoms with Crippen LogP contribution < -0.4 is 10.1 Å². The summed E-state index contributed by atoms with van der Waals surface area (Å²) in [6, 6.07) is 8.55. The number of benzene rings is 1. The Hall–Kier alpha value is -1.81. The zero-order valence-corrected chi connectivity index (χ0v) is 12.1. The third kappa shape index (κ3) is 3.84. The van der Waals surface area contributed by atoms with Crippen LogP contribution in [0.5, 0.6) is 5.75 Å². The molecule has 0 saturated carbocycles. The highest BCUT2D eigenvalue weighted by molar-refractivity contribution is 6.30. The van der Waals surface area contributed by atoms with Gasteiger partial charge < -0.3 is 10.1 Å². The molecule has 2 rings (SSSR count). The predicted octanol–water partition coefficient (Wildman–Crippen LogP) is 4.80. The van der Waals surface area contributed by atoms with Crippen molar-refractivity contribution >= 4 is 23.1 Å². The fraction of sp³-hybridized carbons (Fsp3) is 0.267. The summed E-state index contributed by atoms with van der Waals surface area (Å²) in [5.41, 5.74) is 0.708. The van der Waals surface area contributed by atoms with E-state index in [-0.39, 0.29) is 16.9 Å². The van der Waals surface area contributed by atoms with Gasteiger partial charge in [0.1, 0.15) is 5.75 Å². The van der Waals surface area contributed by atoms with Gasteiger partial charge in [-0.3, -0.25) is 0 Å². The van der Waals surface area contributed by atoms with Crippen LogP contribution in [0.25, 0.3) is 0 Å². The number of nitrogens with one attached hydrogen (secondary N) is 1. The molecule has 0 aliphatic rings. The summed E-state index contributed by atoms with van der Waals surface area (Å²) in [6.07, 6.45) is 2.45. The second-order valence-electron chi connectivity index (χ2n) is 4.47. The first kappa shape index (κ1) is 14.6. The van der Waals surface area contributed by atoms with Crippen molar-refractivity contribution in [2.75, 3.05) is 5.32 Å². The smallest absolute Gasteiger partial charge is 0.167 e. The number of hydrogen-bond acceptors (Lipinski definition) is 3. The number of ether oxygens (including phenoxy) is 1. The Morgan fingerprint density at radius 3 is 2.90 bits per heavy atom. The van der Waals surface area contributed by atoms with Gasteiger partial charge in [-0.2, -0.15) is 0 Å². The van der Waals surface area contributed by atoms with Gasteiger partial charge in [0.05, 0.1) is 11.1 Å². The largest absolute Gasteiger partial charge is 0.491 e. The third-order valence-electron chi connectivity index (χ3n) is 2.82. The first-order valence-corrected chi connectivity index (χ1v) is 6.81. The average Bonchev–Trinajstić information content (AvgIpc) is 2.42. The third-order valence-corrected chi connectivity index (χ3v) is 3.02. The van der Waals surface area contributed by atoms with E-state index in [1.165, 1.54) is 12.3 Å². The van der Waals surface area contributed by atoms with Crippen molar-refractivity contribution in [2.24, 2.45) is 0 Å². The molecule has 1 unspecified atom stereocenters. The van der Waals surface area contributed by atoms with E-state index in [0.717, 1.165) is 12.2 Å². The molecule has 0 fully saturated rings. The molecule has 5 heteroatoms. The molecule has 3 nitrogen and oxygen atoms in total. The van der Waals surface area contributed by atoms with Crippen molar-refractivity contribution in [3.63, 3.8) is 0 Å². The maximum absolute atomic E-state index is 13.7. The first-order valence-electron chi connectivity index (χ1n) is 6.43. The minimum Gasteiger partial charge on any atom is -0.491 e. The Morgan fingerprint density at radius 1 is 1.40 bits per heavy atom. The van der Waals surface area contributed by atoms with E-state index in [2.05, 4.69) is 17.2 Å². The topological polar surface area (TPSA) is 34.1 Å². The molecular formula is C15H16ClFN2O. The predicted molar refractivity (Wildman–Crippen MR) is 79.3 cm³/mol. The van der Waals surface area contributed by atoms with Gasteiger partial charge >= 0.3 is 0 Å². The van der Waals surface area contributed by atoms with E-state index in [4.69, 9.17) is 16.3 Å². The quantitative estimate of drug-likeness (QED) is 0.860. The lowest BCUT2D eigenvalue weighted by molar-refractivity contribution is 0.217. The molecule has 20 heavy (non-hydrogen) atoms. The van der Waals surface area contributed by atoms with Crippen molar-refractivity contribution < 1.29 is 9.13 Å². The van der Waals surface area contributed by atoms with Crippen LogP contribution in [0.3, 0.4) is 0 Å². The van der Waals surface area contributed by atoms with Gasteiger partial charge in [0.15, 0.2) is 11.6 Å². The number of hydrogen-bond donors (Lipinski definition) is 1. The molecule has 106 valence electrons. The molecule has 1 atom stereocenters. The summed E-state index contributed by atoms with van der Waals surface area (Å²) in [5.74, 6) is 0.375. The summed E-state index contributed by atoms with van der Waals surface area (Å²) in [7, 11) is 0. The molecule has 0 aliphatic carbocycles. The Morgan fingerprint density at radius 2 is 2.20 bits per heavy atom. The highest BCUT2D eigenvalue weighted by Crippen LogP contribution is 2.24. The highest BCUT2D eigenvalue weighted by Gasteiger charge is 2.06. The maximum Gasteiger partial charge on any atom is 0.167 e. The number of aromatic nitrogens is 1. The highest BCUT2D eigenvalue weighted by atomic mass is 35.5. The van der Waals surface area contributed by atoms with Gasteiger partial charge in [-0.15, -0.1) is 0 Å². The molecule has 0 saturated heterocycles. The van der Waals surface area contributed by atoms with Gasteiger partial charge in [-0.25, -0.2) is 9.37 Å². The van der Waals surface area contributed by atoms with Crippen molar-refractivity contribution in [3.05, 3.63) is 47.4 Å². The van der Waals surface area contributed by atoms with Gasteiger partial charge in [0.2, 0.25) is 0 Å². The molecular weight excluding hydrogens is 279 g/mol. The average molecular weight is 295 g/mol. The van der Waals surface area contributed by atoms with Crippen LogP contribution in [0.4, 0.5) is 15.9 Å². The lowest BCUT2D eigenvalue weighted by atomic mass is 10.2. The monoisotopic (exact) mass is 294 g/mol. The standard InChI is InChI=1S/C15H16ClFN2O/c1-3-10(2)20-13-6-4-5-12(8-13)19-15-14(17)7-11(16)9-18-15/h4-10H,3H2,1-2H3,(H,18,19).